The van der Waals surface area contributed by atoms with Crippen LogP contribution in [0.3, 0.4) is 0 Å². The zero-order chi connectivity index (χ0) is 14.5. The van der Waals surface area contributed by atoms with E-state index in [9.17, 15) is 0 Å². The van der Waals surface area contributed by atoms with Gasteiger partial charge >= 0.3 is 93.5 Å². The fourth-order valence-electron chi connectivity index (χ4n) is 1.19. The van der Waals surface area contributed by atoms with Crippen molar-refractivity contribution in [2.45, 2.75) is 93.9 Å². The van der Waals surface area contributed by atoms with E-state index in [-0.39, 0.29) is 0 Å². The summed E-state index contributed by atoms with van der Waals surface area (Å²) in [5.74, 6) is 0. The molecule has 0 aromatic heterocycles. The Labute approximate surface area is 145 Å². The summed E-state index contributed by atoms with van der Waals surface area (Å²) in [5, 5.41) is 0. The van der Waals surface area contributed by atoms with E-state index in [1.54, 1.807) is 0 Å². The molecule has 0 atom stereocenters. The third-order valence-corrected chi connectivity index (χ3v) is 4.80. The molecule has 0 aliphatic rings. The second-order valence-electron chi connectivity index (χ2n) is 4.55. The van der Waals surface area contributed by atoms with Crippen molar-refractivity contribution in [1.82, 2.24) is 0 Å². The van der Waals surface area contributed by atoms with Gasteiger partial charge in [0.25, 0.3) is 0 Å². The zero-order valence-corrected chi connectivity index (χ0v) is 19.9. The van der Waals surface area contributed by atoms with Gasteiger partial charge in [0.15, 0.2) is 0 Å². The average molecular weight is 467 g/mol. The van der Waals surface area contributed by atoms with E-state index in [2.05, 4.69) is 27.7 Å². The van der Waals surface area contributed by atoms with Crippen molar-refractivity contribution in [2.75, 3.05) is 0 Å². The molecule has 0 aromatic rings. The van der Waals surface area contributed by atoms with Crippen molar-refractivity contribution in [3.63, 3.8) is 0 Å². The van der Waals surface area contributed by atoms with Crippen molar-refractivity contribution in [3.05, 3.63) is 6.92 Å². The van der Waals surface area contributed by atoms with Crippen LogP contribution in [0.1, 0.15) is 85.0 Å². The van der Waals surface area contributed by atoms with E-state index in [1.807, 2.05) is 0 Å². The van der Waals surface area contributed by atoms with Crippen LogP contribution in [0.5, 0.6) is 0 Å². The van der Waals surface area contributed by atoms with E-state index in [4.69, 9.17) is 0 Å². The van der Waals surface area contributed by atoms with Gasteiger partial charge in [0, 0.05) is 0 Å². The molecule has 0 aliphatic carbocycles. The summed E-state index contributed by atoms with van der Waals surface area (Å²) in [6, 6.07) is 0. The summed E-state index contributed by atoms with van der Waals surface area (Å²) in [6.45, 7) is 10.5. The van der Waals surface area contributed by atoms with E-state index in [0.29, 0.717) is 0 Å². The van der Waals surface area contributed by atoms with Crippen LogP contribution in [-0.2, 0) is 0 Å². The van der Waals surface area contributed by atoms with Crippen LogP contribution >= 0.6 is 0 Å². The van der Waals surface area contributed by atoms with Crippen LogP contribution in [0.15, 0.2) is 0 Å². The molecule has 18 heavy (non-hydrogen) atoms. The molecule has 0 aliphatic heterocycles. The van der Waals surface area contributed by atoms with Gasteiger partial charge in [-0.05, 0) is 0 Å². The predicted octanol–water partition coefficient (Wildman–Crippen LogP) is 5.39. The van der Waals surface area contributed by atoms with Gasteiger partial charge in [-0.2, -0.15) is 0 Å². The van der Waals surface area contributed by atoms with Crippen LogP contribution < -0.4 is 0 Å². The molecule has 0 bridgehead atoms. The molecule has 0 fully saturated rings. The molecule has 0 saturated heterocycles. The first kappa shape index (κ1) is 24.6. The van der Waals surface area contributed by atoms with E-state index >= 15 is 0 Å². The normalized spacial score (nSPS) is 9.00. The maximum Gasteiger partial charge on any atom is -0.0533 e. The summed E-state index contributed by atoms with van der Waals surface area (Å²) < 4.78 is 2.95. The van der Waals surface area contributed by atoms with Crippen molar-refractivity contribution >= 4 is 45.0 Å². The Balaban J connectivity index is -0.000000197. The number of unbranched alkanes of at least 4 members (excludes halogenated alkanes) is 7. The zero-order valence-electron chi connectivity index (χ0n) is 13.3. The molecule has 0 amide bonds. The fraction of sp³-hybridized carbons (Fsp3) is 0.938. The number of hydrogen-bond acceptors (Lipinski definition) is 0. The summed E-state index contributed by atoms with van der Waals surface area (Å²) in [4.78, 5) is 0. The molecule has 0 aromatic carbocycles. The number of hydrogen-bond donors (Lipinski definition) is 0. The average Bonchev–Trinajstić information content (AvgIpc) is 2.38. The summed E-state index contributed by atoms with van der Waals surface area (Å²) in [5.41, 5.74) is 0. The van der Waals surface area contributed by atoms with Gasteiger partial charge in [0.05, 0.1) is 0 Å². The molecule has 2 heteroatoms. The van der Waals surface area contributed by atoms with Gasteiger partial charge in [-0.1, -0.05) is 52.4 Å². The Kier molecular flexibility index (Phi) is 42.6. The minimum atomic E-state index is 1.11. The number of rotatable bonds is 9. The smallest absolute Gasteiger partial charge is 0.0533 e. The van der Waals surface area contributed by atoms with Gasteiger partial charge in [0.1, 0.15) is 0 Å². The first-order valence-corrected chi connectivity index (χ1v) is 12.6. The monoisotopic (exact) mass is 469 g/mol. The molecule has 5 radical (unpaired) electrons. The van der Waals surface area contributed by atoms with Crippen LogP contribution in [0.2, 0.25) is 8.87 Å². The van der Waals surface area contributed by atoms with Gasteiger partial charge in [0.2, 0.25) is 0 Å². The van der Waals surface area contributed by atoms with Crippen molar-refractivity contribution in [2.24, 2.45) is 0 Å². The van der Waals surface area contributed by atoms with E-state index < -0.39 is 0 Å². The summed E-state index contributed by atoms with van der Waals surface area (Å²) in [6.07, 6.45) is 13.6. The topological polar surface area (TPSA) is 0 Å². The van der Waals surface area contributed by atoms with Crippen molar-refractivity contribution < 1.29 is 0 Å². The predicted molar refractivity (Wildman–Crippen MR) is 92.5 cm³/mol. The van der Waals surface area contributed by atoms with Crippen molar-refractivity contribution in [1.29, 1.82) is 0 Å². The SMILES string of the molecule is CCC[CH2][SnH].CCC[CH2][SnH].[CH2]CCCCCCC. The molecular formula is C16H37Sn2. The molecule has 0 unspecified atom stereocenters. The molecule has 0 saturated carbocycles. The third-order valence-electron chi connectivity index (χ3n) is 2.47. The fourth-order valence-corrected chi connectivity index (χ4v) is 3.52. The van der Waals surface area contributed by atoms with Gasteiger partial charge in [-0.3, -0.25) is 0 Å². The first-order chi connectivity index (χ1) is 8.74. The quantitative estimate of drug-likeness (QED) is 0.315. The Morgan fingerprint density at radius 2 is 1.00 bits per heavy atom. The molecule has 109 valence electrons. The van der Waals surface area contributed by atoms with E-state index in [1.165, 1.54) is 112 Å². The van der Waals surface area contributed by atoms with Gasteiger partial charge < -0.3 is 0 Å². The Morgan fingerprint density at radius 3 is 1.22 bits per heavy atom. The molecule has 0 heterocycles. The largest absolute Gasteiger partial charge is 0.0654 e. The first-order valence-electron chi connectivity index (χ1n) is 7.94. The minimum Gasteiger partial charge on any atom is -0.0654 e. The van der Waals surface area contributed by atoms with E-state index in [0.717, 1.165) is 6.42 Å². The summed E-state index contributed by atoms with van der Waals surface area (Å²) in [7, 11) is 0. The second kappa shape index (κ2) is 31.1. The van der Waals surface area contributed by atoms with Crippen LogP contribution in [0, 0.1) is 6.92 Å². The Morgan fingerprint density at radius 1 is 0.611 bits per heavy atom. The Hall–Kier alpha value is 1.60. The van der Waals surface area contributed by atoms with Crippen molar-refractivity contribution in [3.8, 4) is 0 Å². The third kappa shape index (κ3) is 43.2. The minimum absolute atomic E-state index is 1.11. The standard InChI is InChI=1S/C8H17.2C4H9.2Sn.2H/c1-3-5-7-8-6-4-2;2*1-3-4-2;;;;/h1,3-8H2,2H3;2*1,3-4H2,2H3;;;;. The van der Waals surface area contributed by atoms with Crippen LogP contribution in [-0.4, -0.2) is 45.0 Å². The van der Waals surface area contributed by atoms with Crippen LogP contribution in [0.4, 0.5) is 0 Å². The Bertz CT molecular complexity index is 79.1. The molecule has 0 N–H and O–H groups in total. The maximum atomic E-state index is 3.78. The van der Waals surface area contributed by atoms with Crippen LogP contribution in [0.25, 0.3) is 0 Å². The van der Waals surface area contributed by atoms with Gasteiger partial charge in [-0.15, -0.1) is 0 Å². The molecule has 0 nitrogen and oxygen atoms in total. The van der Waals surface area contributed by atoms with Gasteiger partial charge in [-0.25, -0.2) is 0 Å². The molecule has 0 spiro atoms. The summed E-state index contributed by atoms with van der Waals surface area (Å²) >= 11 is 2.90. The molecular weight excluding hydrogens is 430 g/mol. The molecule has 0 rings (SSSR count). The maximum absolute atomic E-state index is 3.78. The second-order valence-corrected chi connectivity index (χ2v) is 7.85.